The summed E-state index contributed by atoms with van der Waals surface area (Å²) >= 11 is 1.76. The molecule has 1 aromatic carbocycles. The average Bonchev–Trinajstić information content (AvgIpc) is 3.09. The molecule has 1 unspecified atom stereocenters. The highest BCUT2D eigenvalue weighted by Gasteiger charge is 2.38. The highest BCUT2D eigenvalue weighted by molar-refractivity contribution is 8.00. The van der Waals surface area contributed by atoms with Crippen molar-refractivity contribution >= 4 is 11.8 Å². The number of alkyl halides is 3. The van der Waals surface area contributed by atoms with Crippen LogP contribution in [0.15, 0.2) is 33.7 Å². The van der Waals surface area contributed by atoms with E-state index in [0.29, 0.717) is 10.8 Å². The SMILES string of the molecule is FC(F)(F)c1nc(-c2ccc(SC3CCNC3)cc2)no1. The third kappa shape index (κ3) is 3.38. The van der Waals surface area contributed by atoms with E-state index >= 15 is 0 Å². The van der Waals surface area contributed by atoms with Gasteiger partial charge in [-0.25, -0.2) is 0 Å². The lowest BCUT2D eigenvalue weighted by Gasteiger charge is -2.07. The molecule has 8 heteroatoms. The van der Waals surface area contributed by atoms with Crippen LogP contribution in [0.1, 0.15) is 12.3 Å². The first kappa shape index (κ1) is 14.4. The van der Waals surface area contributed by atoms with Gasteiger partial charge in [0, 0.05) is 22.3 Å². The molecule has 1 aliphatic heterocycles. The van der Waals surface area contributed by atoms with Crippen molar-refractivity contribution in [1.29, 1.82) is 0 Å². The fourth-order valence-corrected chi connectivity index (χ4v) is 3.17. The number of rotatable bonds is 3. The Labute approximate surface area is 123 Å². The highest BCUT2D eigenvalue weighted by Crippen LogP contribution is 2.31. The molecule has 0 amide bonds. The third-order valence-electron chi connectivity index (χ3n) is 3.10. The Balaban J connectivity index is 1.73. The zero-order valence-corrected chi connectivity index (χ0v) is 11.7. The minimum Gasteiger partial charge on any atom is -0.329 e. The quantitative estimate of drug-likeness (QED) is 0.942. The minimum atomic E-state index is -4.61. The van der Waals surface area contributed by atoms with E-state index in [4.69, 9.17) is 0 Å². The standard InChI is InChI=1S/C13H12F3N3OS/c14-13(15,16)12-18-11(19-20-12)8-1-3-9(4-2-8)21-10-5-6-17-7-10/h1-4,10,17H,5-7H2. The molecule has 0 saturated carbocycles. The van der Waals surface area contributed by atoms with Crippen molar-refractivity contribution in [2.75, 3.05) is 13.1 Å². The lowest BCUT2D eigenvalue weighted by Crippen LogP contribution is -2.09. The topological polar surface area (TPSA) is 51.0 Å². The molecular weight excluding hydrogens is 303 g/mol. The number of hydrogen-bond acceptors (Lipinski definition) is 5. The number of halogens is 3. The van der Waals surface area contributed by atoms with Crippen molar-refractivity contribution in [3.8, 4) is 11.4 Å². The summed E-state index contributed by atoms with van der Waals surface area (Å²) in [5, 5.41) is 7.19. The lowest BCUT2D eigenvalue weighted by atomic mass is 10.2. The van der Waals surface area contributed by atoms with Crippen LogP contribution in [-0.2, 0) is 6.18 Å². The summed E-state index contributed by atoms with van der Waals surface area (Å²) in [5.41, 5.74) is 0.503. The minimum absolute atomic E-state index is 0.0543. The molecule has 0 spiro atoms. The van der Waals surface area contributed by atoms with Gasteiger partial charge >= 0.3 is 12.1 Å². The van der Waals surface area contributed by atoms with Crippen molar-refractivity contribution in [2.24, 2.45) is 0 Å². The van der Waals surface area contributed by atoms with Crippen LogP contribution in [0.2, 0.25) is 0 Å². The Bertz CT molecular complexity index is 606. The zero-order valence-electron chi connectivity index (χ0n) is 10.9. The van der Waals surface area contributed by atoms with E-state index in [1.165, 1.54) is 0 Å². The molecule has 1 aliphatic rings. The predicted octanol–water partition coefficient (Wildman–Crippen LogP) is 3.21. The molecule has 0 bridgehead atoms. The summed E-state index contributed by atoms with van der Waals surface area (Å²) in [4.78, 5) is 4.44. The first-order valence-electron chi connectivity index (χ1n) is 6.41. The van der Waals surface area contributed by atoms with E-state index < -0.39 is 12.1 Å². The van der Waals surface area contributed by atoms with Gasteiger partial charge in [0.25, 0.3) is 0 Å². The van der Waals surface area contributed by atoms with Gasteiger partial charge < -0.3 is 9.84 Å². The Morgan fingerprint density at radius 1 is 1.24 bits per heavy atom. The third-order valence-corrected chi connectivity index (χ3v) is 4.38. The highest BCUT2D eigenvalue weighted by atomic mass is 32.2. The first-order valence-corrected chi connectivity index (χ1v) is 7.29. The smallest absolute Gasteiger partial charge is 0.329 e. The second-order valence-corrected chi connectivity index (χ2v) is 6.05. The van der Waals surface area contributed by atoms with Gasteiger partial charge in [-0.2, -0.15) is 18.2 Å². The molecule has 1 N–H and O–H groups in total. The van der Waals surface area contributed by atoms with Gasteiger partial charge in [-0.15, -0.1) is 11.8 Å². The molecule has 21 heavy (non-hydrogen) atoms. The molecule has 2 heterocycles. The van der Waals surface area contributed by atoms with Gasteiger partial charge in [-0.1, -0.05) is 5.16 Å². The van der Waals surface area contributed by atoms with Crippen LogP contribution >= 0.6 is 11.8 Å². The molecule has 0 radical (unpaired) electrons. The lowest BCUT2D eigenvalue weighted by molar-refractivity contribution is -0.159. The van der Waals surface area contributed by atoms with Gasteiger partial charge in [0.05, 0.1) is 0 Å². The van der Waals surface area contributed by atoms with Gasteiger partial charge in [0.15, 0.2) is 0 Å². The second-order valence-electron chi connectivity index (χ2n) is 4.68. The number of aromatic nitrogens is 2. The summed E-state index contributed by atoms with van der Waals surface area (Å²) in [6.07, 6.45) is -3.50. The van der Waals surface area contributed by atoms with Crippen molar-refractivity contribution < 1.29 is 17.7 Å². The molecule has 1 fully saturated rings. The second kappa shape index (κ2) is 5.69. The predicted molar refractivity (Wildman–Crippen MR) is 71.9 cm³/mol. The van der Waals surface area contributed by atoms with E-state index in [9.17, 15) is 13.2 Å². The Hall–Kier alpha value is -1.54. The van der Waals surface area contributed by atoms with Crippen LogP contribution in [0.3, 0.4) is 0 Å². The van der Waals surface area contributed by atoms with Crippen LogP contribution in [0, 0.1) is 0 Å². The summed E-state index contributed by atoms with van der Waals surface area (Å²) in [6.45, 7) is 2.00. The molecule has 1 aromatic heterocycles. The molecular formula is C13H12F3N3OS. The summed E-state index contributed by atoms with van der Waals surface area (Å²) in [6, 6.07) is 7.13. The van der Waals surface area contributed by atoms with E-state index in [1.807, 2.05) is 12.1 Å². The van der Waals surface area contributed by atoms with Crippen molar-refractivity contribution in [2.45, 2.75) is 22.7 Å². The number of nitrogens with one attached hydrogen (secondary N) is 1. The largest absolute Gasteiger partial charge is 0.471 e. The van der Waals surface area contributed by atoms with E-state index in [-0.39, 0.29) is 5.82 Å². The van der Waals surface area contributed by atoms with Crippen molar-refractivity contribution in [1.82, 2.24) is 15.5 Å². The Morgan fingerprint density at radius 2 is 2.00 bits per heavy atom. The van der Waals surface area contributed by atoms with Crippen LogP contribution in [-0.4, -0.2) is 28.5 Å². The fraction of sp³-hybridized carbons (Fsp3) is 0.385. The van der Waals surface area contributed by atoms with Crippen molar-refractivity contribution in [3.63, 3.8) is 0 Å². The number of benzene rings is 1. The maximum atomic E-state index is 12.4. The van der Waals surface area contributed by atoms with E-state index in [0.717, 1.165) is 24.4 Å². The van der Waals surface area contributed by atoms with Gasteiger partial charge in [0.2, 0.25) is 5.82 Å². The summed E-state index contributed by atoms with van der Waals surface area (Å²) in [5.74, 6) is -1.38. The molecule has 2 aromatic rings. The van der Waals surface area contributed by atoms with Crippen molar-refractivity contribution in [3.05, 3.63) is 30.2 Å². The molecule has 3 rings (SSSR count). The van der Waals surface area contributed by atoms with Gasteiger partial charge in [-0.05, 0) is 37.2 Å². The average molecular weight is 315 g/mol. The molecule has 4 nitrogen and oxygen atoms in total. The van der Waals surface area contributed by atoms with Crippen LogP contribution in [0.4, 0.5) is 13.2 Å². The maximum Gasteiger partial charge on any atom is 0.471 e. The normalized spacial score (nSPS) is 19.1. The van der Waals surface area contributed by atoms with Crippen LogP contribution in [0.5, 0.6) is 0 Å². The Morgan fingerprint density at radius 3 is 2.57 bits per heavy atom. The fourth-order valence-electron chi connectivity index (χ4n) is 2.06. The maximum absolute atomic E-state index is 12.4. The molecule has 1 atom stereocenters. The van der Waals surface area contributed by atoms with Crippen LogP contribution < -0.4 is 5.32 Å². The molecule has 0 aliphatic carbocycles. The van der Waals surface area contributed by atoms with E-state index in [2.05, 4.69) is 20.0 Å². The van der Waals surface area contributed by atoms with E-state index in [1.54, 1.807) is 23.9 Å². The zero-order chi connectivity index (χ0) is 14.9. The van der Waals surface area contributed by atoms with Crippen LogP contribution in [0.25, 0.3) is 11.4 Å². The summed E-state index contributed by atoms with van der Waals surface area (Å²) < 4.78 is 41.4. The monoisotopic (exact) mass is 315 g/mol. The first-order chi connectivity index (χ1) is 10.0. The van der Waals surface area contributed by atoms with Gasteiger partial charge in [-0.3, -0.25) is 0 Å². The molecule has 112 valence electrons. The number of hydrogen-bond donors (Lipinski definition) is 1. The number of thioether (sulfide) groups is 1. The molecule has 1 saturated heterocycles. The van der Waals surface area contributed by atoms with Gasteiger partial charge in [0.1, 0.15) is 0 Å². The summed E-state index contributed by atoms with van der Waals surface area (Å²) in [7, 11) is 0. The number of nitrogens with zero attached hydrogens (tertiary/aromatic N) is 2. The Kier molecular flexibility index (Phi) is 3.90.